The molecule has 0 unspecified atom stereocenters. The zero-order chi connectivity index (χ0) is 19.2. The summed E-state index contributed by atoms with van der Waals surface area (Å²) in [6.45, 7) is 2.72. The van der Waals surface area contributed by atoms with Gasteiger partial charge in [0.1, 0.15) is 17.8 Å². The van der Waals surface area contributed by atoms with Gasteiger partial charge in [-0.3, -0.25) is 9.78 Å². The highest BCUT2D eigenvalue weighted by Crippen LogP contribution is 2.22. The van der Waals surface area contributed by atoms with Crippen molar-refractivity contribution in [3.63, 3.8) is 0 Å². The zero-order valence-corrected chi connectivity index (χ0v) is 15.5. The number of anilines is 3. The quantitative estimate of drug-likeness (QED) is 0.689. The fourth-order valence-electron chi connectivity index (χ4n) is 3.19. The van der Waals surface area contributed by atoms with Crippen LogP contribution in [0, 0.1) is 0 Å². The van der Waals surface area contributed by atoms with Gasteiger partial charge in [0.05, 0.1) is 12.2 Å². The molecule has 1 amide bonds. The third-order valence-corrected chi connectivity index (χ3v) is 4.67. The average molecular weight is 374 g/mol. The van der Waals surface area contributed by atoms with Crippen molar-refractivity contribution < 1.29 is 4.79 Å². The maximum Gasteiger partial charge on any atom is 0.274 e. The molecular formula is C21H22N6O. The zero-order valence-electron chi connectivity index (χ0n) is 15.5. The maximum absolute atomic E-state index is 12.5. The number of carbonyl (C=O) groups is 1. The summed E-state index contributed by atoms with van der Waals surface area (Å²) in [5.74, 6) is 0.312. The normalized spacial score (nSPS) is 13.4. The van der Waals surface area contributed by atoms with Gasteiger partial charge in [-0.2, -0.15) is 0 Å². The Morgan fingerprint density at radius 1 is 1.00 bits per heavy atom. The minimum atomic E-state index is -0.266. The lowest BCUT2D eigenvalue weighted by Gasteiger charge is -2.17. The summed E-state index contributed by atoms with van der Waals surface area (Å²) >= 11 is 0. The van der Waals surface area contributed by atoms with Crippen molar-refractivity contribution in [3.05, 3.63) is 72.4 Å². The molecule has 0 aliphatic carbocycles. The summed E-state index contributed by atoms with van der Waals surface area (Å²) in [5, 5.41) is 6.05. The molecule has 3 heterocycles. The van der Waals surface area contributed by atoms with Crippen LogP contribution in [0.25, 0.3) is 0 Å². The van der Waals surface area contributed by atoms with Crippen molar-refractivity contribution in [2.45, 2.75) is 19.4 Å². The van der Waals surface area contributed by atoms with Crippen LogP contribution in [0.3, 0.4) is 0 Å². The van der Waals surface area contributed by atoms with Gasteiger partial charge < -0.3 is 15.5 Å². The van der Waals surface area contributed by atoms with Crippen LogP contribution >= 0.6 is 0 Å². The van der Waals surface area contributed by atoms with Gasteiger partial charge in [0.15, 0.2) is 0 Å². The largest absolute Gasteiger partial charge is 0.372 e. The molecule has 1 aliphatic rings. The molecule has 1 fully saturated rings. The number of hydrogen-bond donors (Lipinski definition) is 2. The first kappa shape index (κ1) is 17.9. The first-order valence-electron chi connectivity index (χ1n) is 9.40. The Morgan fingerprint density at radius 2 is 1.82 bits per heavy atom. The predicted molar refractivity (Wildman–Crippen MR) is 109 cm³/mol. The molecule has 1 saturated heterocycles. The van der Waals surface area contributed by atoms with E-state index in [1.54, 1.807) is 12.3 Å². The minimum Gasteiger partial charge on any atom is -0.372 e. The molecule has 0 saturated carbocycles. The summed E-state index contributed by atoms with van der Waals surface area (Å²) in [6.07, 6.45) is 5.60. The summed E-state index contributed by atoms with van der Waals surface area (Å²) in [4.78, 5) is 27.4. The van der Waals surface area contributed by atoms with Gasteiger partial charge in [0, 0.05) is 36.7 Å². The molecule has 0 spiro atoms. The number of carbonyl (C=O) groups excluding carboxylic acids is 1. The van der Waals surface area contributed by atoms with Crippen molar-refractivity contribution in [1.82, 2.24) is 15.0 Å². The van der Waals surface area contributed by atoms with Crippen LogP contribution in [-0.2, 0) is 6.54 Å². The molecule has 7 nitrogen and oxygen atoms in total. The van der Waals surface area contributed by atoms with Crippen LogP contribution in [0.15, 0.2) is 61.1 Å². The van der Waals surface area contributed by atoms with Crippen LogP contribution in [0.1, 0.15) is 29.0 Å². The smallest absolute Gasteiger partial charge is 0.274 e. The first-order valence-corrected chi connectivity index (χ1v) is 9.40. The van der Waals surface area contributed by atoms with Crippen LogP contribution in [0.4, 0.5) is 17.2 Å². The molecule has 2 aromatic heterocycles. The molecule has 142 valence electrons. The number of amides is 1. The number of nitrogens with one attached hydrogen (secondary N) is 2. The van der Waals surface area contributed by atoms with Crippen molar-refractivity contribution in [2.75, 3.05) is 28.6 Å². The fourth-order valence-corrected chi connectivity index (χ4v) is 3.19. The van der Waals surface area contributed by atoms with Gasteiger partial charge in [-0.15, -0.1) is 0 Å². The van der Waals surface area contributed by atoms with Crippen LogP contribution in [0.2, 0.25) is 0 Å². The SMILES string of the molecule is O=C(Nc1ccc(N2CCCC2)cc1)c1cc(NCc2ccccn2)ncn1. The summed E-state index contributed by atoms with van der Waals surface area (Å²) in [5.41, 5.74) is 3.14. The molecule has 2 N–H and O–H groups in total. The summed E-state index contributed by atoms with van der Waals surface area (Å²) < 4.78 is 0. The van der Waals surface area contributed by atoms with Gasteiger partial charge in [-0.05, 0) is 49.2 Å². The highest BCUT2D eigenvalue weighted by molar-refractivity contribution is 6.03. The Balaban J connectivity index is 1.37. The molecule has 0 atom stereocenters. The second kappa shape index (κ2) is 8.47. The number of rotatable bonds is 6. The van der Waals surface area contributed by atoms with E-state index in [-0.39, 0.29) is 5.91 Å². The Labute approximate surface area is 163 Å². The lowest BCUT2D eigenvalue weighted by Crippen LogP contribution is -2.18. The Hall–Kier alpha value is -3.48. The molecule has 3 aromatic rings. The van der Waals surface area contributed by atoms with E-state index in [1.807, 2.05) is 42.5 Å². The van der Waals surface area contributed by atoms with Crippen LogP contribution < -0.4 is 15.5 Å². The Kier molecular flexibility index (Phi) is 5.42. The maximum atomic E-state index is 12.5. The van der Waals surface area contributed by atoms with E-state index in [2.05, 4.69) is 30.5 Å². The Morgan fingerprint density at radius 3 is 2.57 bits per heavy atom. The molecule has 1 aliphatic heterocycles. The van der Waals surface area contributed by atoms with Crippen molar-refractivity contribution in [1.29, 1.82) is 0 Å². The van der Waals surface area contributed by atoms with E-state index >= 15 is 0 Å². The Bertz CT molecular complexity index is 923. The third-order valence-electron chi connectivity index (χ3n) is 4.67. The second-order valence-electron chi connectivity index (χ2n) is 6.66. The van der Waals surface area contributed by atoms with E-state index in [4.69, 9.17) is 0 Å². The topological polar surface area (TPSA) is 83.0 Å². The monoisotopic (exact) mass is 374 g/mol. The van der Waals surface area contributed by atoms with E-state index in [1.165, 1.54) is 24.9 Å². The van der Waals surface area contributed by atoms with Crippen LogP contribution in [0.5, 0.6) is 0 Å². The lowest BCUT2D eigenvalue weighted by atomic mass is 10.2. The lowest BCUT2D eigenvalue weighted by molar-refractivity contribution is 0.102. The highest BCUT2D eigenvalue weighted by Gasteiger charge is 2.13. The second-order valence-corrected chi connectivity index (χ2v) is 6.66. The van der Waals surface area contributed by atoms with Gasteiger partial charge in [-0.25, -0.2) is 9.97 Å². The van der Waals surface area contributed by atoms with Crippen LogP contribution in [-0.4, -0.2) is 33.9 Å². The number of nitrogens with zero attached hydrogens (tertiary/aromatic N) is 4. The molecule has 7 heteroatoms. The van der Waals surface area contributed by atoms with Gasteiger partial charge in [0.25, 0.3) is 5.91 Å². The molecule has 0 bridgehead atoms. The third kappa shape index (κ3) is 4.43. The standard InChI is InChI=1S/C21H22N6O/c28-21(26-16-6-8-18(9-7-16)27-11-3-4-12-27)19-13-20(25-15-24-19)23-14-17-5-1-2-10-22-17/h1-2,5-10,13,15H,3-4,11-12,14H2,(H,26,28)(H,23,24,25). The molecule has 28 heavy (non-hydrogen) atoms. The number of aromatic nitrogens is 3. The summed E-state index contributed by atoms with van der Waals surface area (Å²) in [7, 11) is 0. The molecule has 4 rings (SSSR count). The minimum absolute atomic E-state index is 0.266. The van der Waals surface area contributed by atoms with E-state index in [0.717, 1.165) is 24.5 Å². The van der Waals surface area contributed by atoms with Gasteiger partial charge in [0.2, 0.25) is 0 Å². The highest BCUT2D eigenvalue weighted by atomic mass is 16.1. The predicted octanol–water partition coefficient (Wildman–Crippen LogP) is 3.34. The average Bonchev–Trinajstić information content (AvgIpc) is 3.29. The van der Waals surface area contributed by atoms with Crippen molar-refractivity contribution >= 4 is 23.1 Å². The molecule has 1 aromatic carbocycles. The van der Waals surface area contributed by atoms with E-state index < -0.39 is 0 Å². The number of pyridine rings is 1. The van der Waals surface area contributed by atoms with Gasteiger partial charge >= 0.3 is 0 Å². The van der Waals surface area contributed by atoms with Crippen molar-refractivity contribution in [2.24, 2.45) is 0 Å². The number of benzene rings is 1. The van der Waals surface area contributed by atoms with Gasteiger partial charge in [-0.1, -0.05) is 6.07 Å². The number of hydrogen-bond acceptors (Lipinski definition) is 6. The van der Waals surface area contributed by atoms with Crippen molar-refractivity contribution in [3.8, 4) is 0 Å². The first-order chi connectivity index (χ1) is 13.8. The van der Waals surface area contributed by atoms with E-state index in [0.29, 0.717) is 18.1 Å². The summed E-state index contributed by atoms with van der Waals surface area (Å²) in [6, 6.07) is 15.3. The molecular weight excluding hydrogens is 352 g/mol. The van der Waals surface area contributed by atoms with E-state index in [9.17, 15) is 4.79 Å². The fraction of sp³-hybridized carbons (Fsp3) is 0.238. The molecule has 0 radical (unpaired) electrons.